The van der Waals surface area contributed by atoms with E-state index in [2.05, 4.69) is 15.1 Å². The van der Waals surface area contributed by atoms with Gasteiger partial charge >= 0.3 is 0 Å². The van der Waals surface area contributed by atoms with E-state index in [9.17, 15) is 5.11 Å². The zero-order valence-corrected chi connectivity index (χ0v) is 23.2. The first-order valence-electron chi connectivity index (χ1n) is 12.4. The maximum absolute atomic E-state index is 12.3. The molecule has 0 aliphatic heterocycles. The number of halogens is 2. The molecule has 3 heterocycles. The number of aryl methyl sites for hydroxylation is 1. The molecule has 1 N–H and O–H groups in total. The Labute approximate surface area is 240 Å². The lowest BCUT2D eigenvalue weighted by atomic mass is 9.83. The highest BCUT2D eigenvalue weighted by Gasteiger charge is 2.37. The van der Waals surface area contributed by atoms with Crippen molar-refractivity contribution >= 4 is 34.1 Å². The summed E-state index contributed by atoms with van der Waals surface area (Å²) in [5, 5.41) is 18.3. The Morgan fingerprint density at radius 2 is 1.68 bits per heavy atom. The molecular weight excluding hydrogens is 547 g/mol. The number of nitrogens with zero attached hydrogens (tertiary/aromatic N) is 6. The molecule has 0 unspecified atom stereocenters. The SMILES string of the molecule is COc1nc2ccc([C@@](O)(c3ccc(Cl)cc3)c3cncn3C)cc2c(Cl)c1Cc1ccc(-n2cncn2)cc1. The molecule has 0 fully saturated rings. The van der Waals surface area contributed by atoms with E-state index in [4.69, 9.17) is 32.9 Å². The molecule has 3 aromatic carbocycles. The summed E-state index contributed by atoms with van der Waals surface area (Å²) in [5.41, 5.74) is 3.65. The summed E-state index contributed by atoms with van der Waals surface area (Å²) in [5.74, 6) is 0.449. The molecule has 200 valence electrons. The van der Waals surface area contributed by atoms with Gasteiger partial charge < -0.3 is 14.4 Å². The average molecular weight is 571 g/mol. The highest BCUT2D eigenvalue weighted by atomic mass is 35.5. The van der Waals surface area contributed by atoms with E-state index in [-0.39, 0.29) is 0 Å². The van der Waals surface area contributed by atoms with Gasteiger partial charge in [-0.1, -0.05) is 53.5 Å². The Morgan fingerprint density at radius 3 is 2.33 bits per heavy atom. The summed E-state index contributed by atoms with van der Waals surface area (Å²) < 4.78 is 9.14. The molecular formula is C30H24Cl2N6O2. The minimum atomic E-state index is -1.52. The first-order valence-corrected chi connectivity index (χ1v) is 13.2. The zero-order chi connectivity index (χ0) is 27.9. The highest BCUT2D eigenvalue weighted by Crippen LogP contribution is 2.40. The van der Waals surface area contributed by atoms with Gasteiger partial charge in [0.2, 0.25) is 5.88 Å². The van der Waals surface area contributed by atoms with E-state index < -0.39 is 5.60 Å². The number of fused-ring (bicyclic) bond motifs is 1. The summed E-state index contributed by atoms with van der Waals surface area (Å²) in [6.07, 6.45) is 6.95. The molecule has 0 aliphatic carbocycles. The van der Waals surface area contributed by atoms with E-state index in [0.29, 0.717) is 50.1 Å². The normalized spacial score (nSPS) is 12.9. The predicted octanol–water partition coefficient (Wildman–Crippen LogP) is 5.74. The summed E-state index contributed by atoms with van der Waals surface area (Å²) in [6.45, 7) is 0. The van der Waals surface area contributed by atoms with Gasteiger partial charge in [-0.3, -0.25) is 0 Å². The molecule has 0 aliphatic rings. The van der Waals surface area contributed by atoms with E-state index in [1.807, 2.05) is 61.6 Å². The molecule has 0 saturated carbocycles. The van der Waals surface area contributed by atoms with Gasteiger partial charge in [-0.15, -0.1) is 0 Å². The van der Waals surface area contributed by atoms with Crippen LogP contribution in [0.3, 0.4) is 0 Å². The van der Waals surface area contributed by atoms with Gasteiger partial charge in [0.25, 0.3) is 0 Å². The number of ether oxygens (including phenoxy) is 1. The number of methoxy groups -OCH3 is 1. The lowest BCUT2D eigenvalue weighted by molar-refractivity contribution is 0.117. The van der Waals surface area contributed by atoms with Crippen LogP contribution in [0, 0.1) is 0 Å². The van der Waals surface area contributed by atoms with Crippen LogP contribution in [0.2, 0.25) is 10.0 Å². The van der Waals surface area contributed by atoms with Crippen molar-refractivity contribution in [3.63, 3.8) is 0 Å². The first kappa shape index (κ1) is 26.0. The van der Waals surface area contributed by atoms with Crippen LogP contribution < -0.4 is 4.74 Å². The fourth-order valence-corrected chi connectivity index (χ4v) is 5.39. The van der Waals surface area contributed by atoms with E-state index >= 15 is 0 Å². The van der Waals surface area contributed by atoms with Crippen LogP contribution in [-0.4, -0.2) is 41.5 Å². The molecule has 8 nitrogen and oxygen atoms in total. The molecule has 0 saturated heterocycles. The van der Waals surface area contributed by atoms with Crippen LogP contribution in [0.25, 0.3) is 16.6 Å². The Morgan fingerprint density at radius 1 is 0.925 bits per heavy atom. The molecule has 0 bridgehead atoms. The first-order chi connectivity index (χ1) is 19.4. The van der Waals surface area contributed by atoms with Gasteiger partial charge in [0.15, 0.2) is 5.60 Å². The monoisotopic (exact) mass is 570 g/mol. The molecule has 10 heteroatoms. The maximum atomic E-state index is 12.3. The Hall–Kier alpha value is -4.24. The molecule has 0 radical (unpaired) electrons. The number of hydrogen-bond acceptors (Lipinski definition) is 6. The third-order valence-electron chi connectivity index (χ3n) is 7.04. The van der Waals surface area contributed by atoms with Crippen molar-refractivity contribution < 1.29 is 9.84 Å². The number of imidazole rings is 1. The largest absolute Gasteiger partial charge is 0.481 e. The van der Waals surface area contributed by atoms with Crippen LogP contribution in [-0.2, 0) is 19.1 Å². The summed E-state index contributed by atoms with van der Waals surface area (Å²) in [7, 11) is 3.42. The van der Waals surface area contributed by atoms with Crippen molar-refractivity contribution in [1.82, 2.24) is 29.3 Å². The Balaban J connectivity index is 1.46. The van der Waals surface area contributed by atoms with E-state index in [0.717, 1.165) is 16.8 Å². The molecule has 40 heavy (non-hydrogen) atoms. The second kappa shape index (κ2) is 10.4. The van der Waals surface area contributed by atoms with Gasteiger partial charge in [-0.2, -0.15) is 5.10 Å². The third kappa shape index (κ3) is 4.50. The van der Waals surface area contributed by atoms with Crippen LogP contribution in [0.4, 0.5) is 0 Å². The molecule has 0 amide bonds. The van der Waals surface area contributed by atoms with Crippen LogP contribution >= 0.6 is 23.2 Å². The lowest BCUT2D eigenvalue weighted by Crippen LogP contribution is -2.31. The molecule has 0 spiro atoms. The Kier molecular flexibility index (Phi) is 6.75. The van der Waals surface area contributed by atoms with Crippen molar-refractivity contribution in [2.24, 2.45) is 7.05 Å². The second-order valence-electron chi connectivity index (χ2n) is 9.44. The van der Waals surface area contributed by atoms with E-state index in [1.54, 1.807) is 47.3 Å². The van der Waals surface area contributed by atoms with Gasteiger partial charge in [-0.05, 0) is 53.1 Å². The van der Waals surface area contributed by atoms with E-state index in [1.165, 1.54) is 6.33 Å². The number of aromatic nitrogens is 6. The summed E-state index contributed by atoms with van der Waals surface area (Å²) in [4.78, 5) is 13.0. The van der Waals surface area contributed by atoms with Gasteiger partial charge in [0, 0.05) is 29.4 Å². The molecule has 6 aromatic rings. The van der Waals surface area contributed by atoms with Gasteiger partial charge in [0.05, 0.1) is 41.6 Å². The average Bonchev–Trinajstić information content (AvgIpc) is 3.67. The van der Waals surface area contributed by atoms with Crippen molar-refractivity contribution in [3.8, 4) is 11.6 Å². The summed E-state index contributed by atoms with van der Waals surface area (Å²) >= 11 is 13.2. The Bertz CT molecular complexity index is 1800. The minimum absolute atomic E-state index is 0.449. The fourth-order valence-electron chi connectivity index (χ4n) is 4.96. The second-order valence-corrected chi connectivity index (χ2v) is 10.3. The molecule has 6 rings (SSSR count). The number of benzene rings is 3. The number of pyridine rings is 1. The summed E-state index contributed by atoms with van der Waals surface area (Å²) in [6, 6.07) is 20.6. The quantitative estimate of drug-likeness (QED) is 0.263. The maximum Gasteiger partial charge on any atom is 0.218 e. The highest BCUT2D eigenvalue weighted by molar-refractivity contribution is 6.36. The van der Waals surface area contributed by atoms with Crippen molar-refractivity contribution in [2.75, 3.05) is 7.11 Å². The van der Waals surface area contributed by atoms with Crippen molar-refractivity contribution in [1.29, 1.82) is 0 Å². The fraction of sp³-hybridized carbons (Fsp3) is 0.133. The standard InChI is InChI=1S/C30H24Cl2N6O2/c1-37-17-33-15-27(37)30(39,20-5-8-22(31)9-6-20)21-7-12-26-24(14-21)28(32)25(29(36-26)40-2)13-19-3-10-23(11-4-19)38-18-34-16-35-38/h3-12,14-18,39H,13H2,1-2H3/t30-/m0/s1. The third-order valence-corrected chi connectivity index (χ3v) is 7.72. The number of rotatable bonds is 7. The van der Waals surface area contributed by atoms with Gasteiger partial charge in [-0.25, -0.2) is 19.6 Å². The topological polar surface area (TPSA) is 90.9 Å². The van der Waals surface area contributed by atoms with Crippen molar-refractivity contribution in [3.05, 3.63) is 130 Å². The minimum Gasteiger partial charge on any atom is -0.481 e. The smallest absolute Gasteiger partial charge is 0.218 e. The predicted molar refractivity (Wildman–Crippen MR) is 154 cm³/mol. The van der Waals surface area contributed by atoms with Crippen LogP contribution in [0.1, 0.15) is 27.9 Å². The molecule has 3 aromatic heterocycles. The number of hydrogen-bond donors (Lipinski definition) is 1. The van der Waals surface area contributed by atoms with Gasteiger partial charge in [0.1, 0.15) is 12.7 Å². The van der Waals surface area contributed by atoms with Crippen molar-refractivity contribution in [2.45, 2.75) is 12.0 Å². The van der Waals surface area contributed by atoms with Crippen LogP contribution in [0.5, 0.6) is 5.88 Å². The molecule has 1 atom stereocenters. The zero-order valence-electron chi connectivity index (χ0n) is 21.7. The van der Waals surface area contributed by atoms with Crippen LogP contribution in [0.15, 0.2) is 91.9 Å². The lowest BCUT2D eigenvalue weighted by Gasteiger charge is -2.30. The number of aliphatic hydroxyl groups is 1.